The van der Waals surface area contributed by atoms with E-state index in [2.05, 4.69) is 52.2 Å². The average molecular weight is 1130 g/mol. The largest absolute Gasteiger partial charge is 1.00 e. The van der Waals surface area contributed by atoms with Gasteiger partial charge in [-0.15, -0.1) is 0 Å². The zero-order valence-corrected chi connectivity index (χ0v) is 50.3. The number of ketones is 5. The maximum absolute atomic E-state index is 12.7. The number of aliphatic hydroxyl groups is 1. The maximum Gasteiger partial charge on any atom is 0.306 e. The first-order valence-corrected chi connectivity index (χ1v) is 30.6. The van der Waals surface area contributed by atoms with Crippen molar-refractivity contribution in [1.29, 1.82) is 0 Å². The Bertz CT molecular complexity index is 1460. The van der Waals surface area contributed by atoms with E-state index in [1.807, 2.05) is 0 Å². The van der Waals surface area contributed by atoms with Gasteiger partial charge in [-0.1, -0.05) is 154 Å². The van der Waals surface area contributed by atoms with Crippen LogP contribution in [0.15, 0.2) is 24.3 Å². The van der Waals surface area contributed by atoms with E-state index in [4.69, 9.17) is 14.6 Å². The van der Waals surface area contributed by atoms with E-state index in [1.54, 1.807) is 0 Å². The first-order chi connectivity index (χ1) is 35.8. The molecule has 0 spiro atoms. The van der Waals surface area contributed by atoms with E-state index >= 15 is 0 Å². The number of likely N-dealkylation sites (N-methyl/N-ethyl adjacent to an activating group) is 1. The average Bonchev–Trinajstić information content (AvgIpc) is 3.37. The molecule has 2 N–H and O–H groups in total. The number of halogens is 1. The molecule has 0 saturated carbocycles. The van der Waals surface area contributed by atoms with E-state index < -0.39 is 11.9 Å². The fraction of sp³-hybridized carbons (Fsp3) is 0.841. The SMILES string of the molecule is CCCCCCCCC=CCCCCCCCCOCC(C[N+](C)(C)CCCC(CCC(=O)CCC(=O)CCC(=O)CCC(=O)CCC(=O)CCO)C(=O)O)OCCCCCCCCC=CCCCCCCCC.[Br-]. The van der Waals surface area contributed by atoms with Gasteiger partial charge in [0.1, 0.15) is 41.6 Å². The van der Waals surface area contributed by atoms with Gasteiger partial charge in [-0.3, -0.25) is 28.8 Å². The Morgan fingerprint density at radius 1 is 0.440 bits per heavy atom. The highest BCUT2D eigenvalue weighted by atomic mass is 79.9. The Morgan fingerprint density at radius 3 is 1.17 bits per heavy atom. The molecule has 0 rings (SSSR count). The molecule has 438 valence electrons. The molecule has 0 aliphatic heterocycles. The summed E-state index contributed by atoms with van der Waals surface area (Å²) in [7, 11) is 4.33. The molecule has 2 atom stereocenters. The molecule has 12 heteroatoms. The van der Waals surface area contributed by atoms with Crippen molar-refractivity contribution in [3.8, 4) is 0 Å². The van der Waals surface area contributed by atoms with E-state index in [-0.39, 0.29) is 129 Å². The van der Waals surface area contributed by atoms with Crippen molar-refractivity contribution in [2.75, 3.05) is 53.6 Å². The lowest BCUT2D eigenvalue weighted by atomic mass is 9.94. The number of nitrogens with zero attached hydrogens (tertiary/aromatic N) is 1. The van der Waals surface area contributed by atoms with Gasteiger partial charge in [0.15, 0.2) is 0 Å². The first-order valence-electron chi connectivity index (χ1n) is 30.6. The fourth-order valence-electron chi connectivity index (χ4n) is 9.42. The quantitative estimate of drug-likeness (QED) is 0.0341. The number of carboxylic acids is 1. The highest BCUT2D eigenvalue weighted by Gasteiger charge is 2.25. The van der Waals surface area contributed by atoms with Gasteiger partial charge in [0.2, 0.25) is 0 Å². The van der Waals surface area contributed by atoms with Crippen LogP contribution in [0.1, 0.15) is 277 Å². The molecule has 0 aromatic heterocycles. The molecule has 0 radical (unpaired) electrons. The molecule has 0 fully saturated rings. The Kier molecular flexibility index (Phi) is 54.7. The summed E-state index contributed by atoms with van der Waals surface area (Å²) in [5, 5.41) is 18.8. The van der Waals surface area contributed by atoms with Crippen molar-refractivity contribution < 1.29 is 69.9 Å². The van der Waals surface area contributed by atoms with Gasteiger partial charge >= 0.3 is 5.97 Å². The number of aliphatic carboxylic acids is 1. The molecule has 0 heterocycles. The fourth-order valence-corrected chi connectivity index (χ4v) is 9.42. The smallest absolute Gasteiger partial charge is 0.306 e. The van der Waals surface area contributed by atoms with Crippen LogP contribution in [-0.4, -0.2) is 109 Å². The normalized spacial score (nSPS) is 12.6. The van der Waals surface area contributed by atoms with Crippen LogP contribution in [0.5, 0.6) is 0 Å². The minimum Gasteiger partial charge on any atom is -1.00 e. The predicted octanol–water partition coefficient (Wildman–Crippen LogP) is 12.2. The Balaban J connectivity index is 0. The van der Waals surface area contributed by atoms with Crippen LogP contribution in [0.4, 0.5) is 0 Å². The lowest BCUT2D eigenvalue weighted by Crippen LogP contribution is -3.00. The number of rotatable bonds is 59. The van der Waals surface area contributed by atoms with Gasteiger partial charge in [0, 0.05) is 84.0 Å². The molecule has 0 amide bonds. The van der Waals surface area contributed by atoms with Crippen LogP contribution in [0.3, 0.4) is 0 Å². The summed E-state index contributed by atoms with van der Waals surface area (Å²) in [5.41, 5.74) is 0. The first kappa shape index (κ1) is 74.7. The van der Waals surface area contributed by atoms with Gasteiger partial charge in [-0.05, 0) is 83.5 Å². The second-order valence-corrected chi connectivity index (χ2v) is 22.2. The third kappa shape index (κ3) is 53.4. The Labute approximate surface area is 469 Å². The van der Waals surface area contributed by atoms with E-state index in [0.717, 1.165) is 39.0 Å². The Hall–Kier alpha value is -2.38. The maximum atomic E-state index is 12.7. The topological polar surface area (TPSA) is 161 Å². The van der Waals surface area contributed by atoms with E-state index in [0.29, 0.717) is 30.5 Å². The molecule has 0 aliphatic rings. The number of unbranched alkanes of at least 4 members (excludes halogenated alkanes) is 24. The minimum absolute atomic E-state index is 0. The number of carbonyl (C=O) groups is 6. The van der Waals surface area contributed by atoms with E-state index in [9.17, 15) is 33.9 Å². The number of aliphatic hydroxyl groups excluding tert-OH is 1. The number of carbonyl (C=O) groups excluding carboxylic acids is 5. The molecule has 0 aromatic rings. The number of Topliss-reactive ketones (excluding diaryl/α,β-unsaturated/α-hetero) is 5. The van der Waals surface area contributed by atoms with Gasteiger partial charge < -0.3 is 41.2 Å². The van der Waals surface area contributed by atoms with Gasteiger partial charge in [0.05, 0.1) is 33.2 Å². The summed E-state index contributed by atoms with van der Waals surface area (Å²) in [6, 6.07) is 0. The lowest BCUT2D eigenvalue weighted by Gasteiger charge is -2.34. The summed E-state index contributed by atoms with van der Waals surface area (Å²) in [5.74, 6) is -2.55. The number of ether oxygens (including phenoxy) is 2. The van der Waals surface area contributed by atoms with Crippen molar-refractivity contribution in [3.05, 3.63) is 24.3 Å². The molecule has 2 unspecified atom stereocenters. The minimum atomic E-state index is -0.913. The molecule has 75 heavy (non-hydrogen) atoms. The summed E-state index contributed by atoms with van der Waals surface area (Å²) in [6.07, 6.45) is 46.7. The predicted molar refractivity (Wildman–Crippen MR) is 305 cm³/mol. The molecule has 11 nitrogen and oxygen atoms in total. The molecule has 0 bridgehead atoms. The molecular formula is C63H114BrNO10. The summed E-state index contributed by atoms with van der Waals surface area (Å²) < 4.78 is 13.4. The second-order valence-electron chi connectivity index (χ2n) is 22.2. The van der Waals surface area contributed by atoms with Crippen LogP contribution in [0, 0.1) is 5.92 Å². The van der Waals surface area contributed by atoms with E-state index in [1.165, 1.54) is 161 Å². The summed E-state index contributed by atoms with van der Waals surface area (Å²) >= 11 is 0. The zero-order chi connectivity index (χ0) is 54.6. The van der Waals surface area contributed by atoms with Gasteiger partial charge in [-0.25, -0.2) is 0 Å². The Morgan fingerprint density at radius 2 is 0.787 bits per heavy atom. The number of allylic oxidation sites excluding steroid dienone is 4. The third-order valence-corrected chi connectivity index (χ3v) is 14.4. The summed E-state index contributed by atoms with van der Waals surface area (Å²) in [6.45, 7) is 7.82. The lowest BCUT2D eigenvalue weighted by molar-refractivity contribution is -0.893. The number of quaternary nitrogens is 1. The van der Waals surface area contributed by atoms with Crippen molar-refractivity contribution >= 4 is 34.9 Å². The van der Waals surface area contributed by atoms with Gasteiger partial charge in [-0.2, -0.15) is 0 Å². The van der Waals surface area contributed by atoms with Crippen LogP contribution in [-0.2, 0) is 38.2 Å². The molecule has 0 aromatic carbocycles. The number of carboxylic acid groups (broad SMARTS) is 1. The van der Waals surface area contributed by atoms with Gasteiger partial charge in [0.25, 0.3) is 0 Å². The molecule has 0 aliphatic carbocycles. The van der Waals surface area contributed by atoms with Crippen molar-refractivity contribution in [2.45, 2.75) is 283 Å². The third-order valence-electron chi connectivity index (χ3n) is 14.4. The molecular weight excluding hydrogens is 1010 g/mol. The summed E-state index contributed by atoms with van der Waals surface area (Å²) in [4.78, 5) is 73.1. The monoisotopic (exact) mass is 1120 g/mol. The molecule has 0 saturated heterocycles. The van der Waals surface area contributed by atoms with Crippen LogP contribution < -0.4 is 17.0 Å². The van der Waals surface area contributed by atoms with Crippen LogP contribution in [0.25, 0.3) is 0 Å². The highest BCUT2D eigenvalue weighted by molar-refractivity contribution is 5.91. The zero-order valence-electron chi connectivity index (χ0n) is 48.7. The second kappa shape index (κ2) is 55.0. The van der Waals surface area contributed by atoms with Crippen molar-refractivity contribution in [3.63, 3.8) is 0 Å². The van der Waals surface area contributed by atoms with Crippen molar-refractivity contribution in [1.82, 2.24) is 0 Å². The van der Waals surface area contributed by atoms with Crippen molar-refractivity contribution in [2.24, 2.45) is 5.92 Å². The van der Waals surface area contributed by atoms with Crippen LogP contribution in [0.2, 0.25) is 0 Å². The standard InChI is InChI=1S/C63H113NO10.BrH/c1-5-7-9-11-13-15-17-19-21-23-25-27-29-31-33-35-52-73-55-62(74-53-36-34-32-30-28-26-24-22-20-18-16-14-12-10-8-6-2)54-64(3,4)50-37-38-56(63(71)72)39-40-57(66)41-42-58(67)43-44-59(68)45-46-60(69)47-48-61(70)49-51-65;/h19-22,56,62,65H,5-18,23-55H2,1-4H3;1H. The highest BCUT2D eigenvalue weighted by Crippen LogP contribution is 2.19. The van der Waals surface area contributed by atoms with Crippen LogP contribution >= 0.6 is 0 Å². The number of hydrogen-bond acceptors (Lipinski definition) is 9. The number of hydrogen-bond donors (Lipinski definition) is 2.